The summed E-state index contributed by atoms with van der Waals surface area (Å²) in [5.74, 6) is 0.206. The number of hydrogen-bond acceptors (Lipinski definition) is 6. The minimum absolute atomic E-state index is 0.143. The van der Waals surface area contributed by atoms with Crippen molar-refractivity contribution in [1.29, 1.82) is 0 Å². The van der Waals surface area contributed by atoms with Gasteiger partial charge in [0.05, 0.1) is 12.4 Å². The van der Waals surface area contributed by atoms with Gasteiger partial charge in [-0.25, -0.2) is 4.79 Å². The Morgan fingerprint density at radius 2 is 1.95 bits per heavy atom. The molecule has 0 bridgehead atoms. The maximum Gasteiger partial charge on any atom is 0.322 e. The Hall–Kier alpha value is -1.28. The number of imide groups is 1. The van der Waals surface area contributed by atoms with Gasteiger partial charge in [0.1, 0.15) is 6.04 Å². The molecule has 0 fully saturated rings. The summed E-state index contributed by atoms with van der Waals surface area (Å²) in [4.78, 5) is 34.0. The molecule has 0 aromatic carbocycles. The molecule has 0 heterocycles. The molecule has 4 N–H and O–H groups in total. The first-order valence-corrected chi connectivity index (χ1v) is 8.09. The highest BCUT2D eigenvalue weighted by atomic mass is 32.2. The molecule has 3 amide bonds. The second-order valence-corrected chi connectivity index (χ2v) is 5.96. The van der Waals surface area contributed by atoms with Gasteiger partial charge in [0.15, 0.2) is 0 Å². The molecule has 1 atom stereocenters. The SMILES string of the molecule is CCOC(=O)C(N)CCSCC(=O)NC(=O)NCC(C)C. The Labute approximate surface area is 129 Å². The summed E-state index contributed by atoms with van der Waals surface area (Å²) in [6.07, 6.45) is 0.427. The molecule has 0 rings (SSSR count). The van der Waals surface area contributed by atoms with E-state index in [0.717, 1.165) is 0 Å². The van der Waals surface area contributed by atoms with Crippen LogP contribution in [0, 0.1) is 5.92 Å². The summed E-state index contributed by atoms with van der Waals surface area (Å²) in [5.41, 5.74) is 5.62. The van der Waals surface area contributed by atoms with Gasteiger partial charge in [-0.15, -0.1) is 0 Å². The van der Waals surface area contributed by atoms with Gasteiger partial charge in [0, 0.05) is 6.54 Å². The van der Waals surface area contributed by atoms with E-state index in [4.69, 9.17) is 10.5 Å². The smallest absolute Gasteiger partial charge is 0.322 e. The zero-order valence-corrected chi connectivity index (χ0v) is 13.6. The van der Waals surface area contributed by atoms with E-state index in [2.05, 4.69) is 10.6 Å². The molecule has 7 nitrogen and oxygen atoms in total. The number of hydrogen-bond donors (Lipinski definition) is 3. The van der Waals surface area contributed by atoms with Gasteiger partial charge in [-0.1, -0.05) is 13.8 Å². The molecule has 0 saturated heterocycles. The summed E-state index contributed by atoms with van der Waals surface area (Å²) in [5, 5.41) is 4.82. The molecule has 0 spiro atoms. The van der Waals surface area contributed by atoms with Crippen molar-refractivity contribution in [3.63, 3.8) is 0 Å². The van der Waals surface area contributed by atoms with Crippen LogP contribution in [0.15, 0.2) is 0 Å². The maximum absolute atomic E-state index is 11.5. The number of nitrogens with one attached hydrogen (secondary N) is 2. The Kier molecular flexibility index (Phi) is 10.7. The van der Waals surface area contributed by atoms with Crippen molar-refractivity contribution in [2.24, 2.45) is 11.7 Å². The van der Waals surface area contributed by atoms with Crippen LogP contribution < -0.4 is 16.4 Å². The molecular weight excluding hydrogens is 294 g/mol. The molecule has 0 aromatic heterocycles. The zero-order chi connectivity index (χ0) is 16.3. The van der Waals surface area contributed by atoms with Crippen molar-refractivity contribution in [2.45, 2.75) is 33.2 Å². The summed E-state index contributed by atoms with van der Waals surface area (Å²) in [6, 6.07) is -1.16. The van der Waals surface area contributed by atoms with E-state index in [1.807, 2.05) is 13.8 Å². The van der Waals surface area contributed by atoms with Crippen molar-refractivity contribution >= 4 is 29.7 Å². The van der Waals surface area contributed by atoms with Crippen molar-refractivity contribution < 1.29 is 19.1 Å². The first kappa shape index (κ1) is 19.7. The fourth-order valence-corrected chi connectivity index (χ4v) is 2.07. The van der Waals surface area contributed by atoms with Crippen LogP contribution in [0.25, 0.3) is 0 Å². The average molecular weight is 319 g/mol. The van der Waals surface area contributed by atoms with Crippen LogP contribution in [-0.2, 0) is 14.3 Å². The molecule has 0 aromatic rings. The van der Waals surface area contributed by atoms with Crippen molar-refractivity contribution in [2.75, 3.05) is 24.7 Å². The number of amides is 3. The minimum atomic E-state index is -0.671. The van der Waals surface area contributed by atoms with E-state index in [9.17, 15) is 14.4 Å². The normalized spacial score (nSPS) is 11.9. The summed E-state index contributed by atoms with van der Waals surface area (Å²) < 4.78 is 4.78. The highest BCUT2D eigenvalue weighted by molar-refractivity contribution is 7.99. The molecule has 122 valence electrons. The van der Waals surface area contributed by atoms with E-state index in [1.54, 1.807) is 6.92 Å². The van der Waals surface area contributed by atoms with E-state index in [0.29, 0.717) is 31.2 Å². The first-order chi connectivity index (χ1) is 9.86. The van der Waals surface area contributed by atoms with Crippen LogP contribution in [0.2, 0.25) is 0 Å². The largest absolute Gasteiger partial charge is 0.465 e. The number of rotatable bonds is 9. The third kappa shape index (κ3) is 11.1. The number of carbonyl (C=O) groups is 3. The molecule has 0 aliphatic carbocycles. The lowest BCUT2D eigenvalue weighted by Gasteiger charge is -2.10. The molecule has 8 heteroatoms. The number of carbonyl (C=O) groups excluding carboxylic acids is 3. The van der Waals surface area contributed by atoms with Crippen LogP contribution in [0.4, 0.5) is 4.79 Å². The van der Waals surface area contributed by atoms with Crippen molar-refractivity contribution in [3.05, 3.63) is 0 Å². The summed E-state index contributed by atoms with van der Waals surface area (Å²) >= 11 is 1.31. The monoisotopic (exact) mass is 319 g/mol. The lowest BCUT2D eigenvalue weighted by Crippen LogP contribution is -2.41. The van der Waals surface area contributed by atoms with Crippen molar-refractivity contribution in [1.82, 2.24) is 10.6 Å². The van der Waals surface area contributed by atoms with E-state index in [-0.39, 0.29) is 11.7 Å². The lowest BCUT2D eigenvalue weighted by molar-refractivity contribution is -0.144. The van der Waals surface area contributed by atoms with Gasteiger partial charge >= 0.3 is 12.0 Å². The number of ether oxygens (including phenoxy) is 1. The highest BCUT2D eigenvalue weighted by Gasteiger charge is 2.14. The van der Waals surface area contributed by atoms with Gasteiger partial charge in [-0.2, -0.15) is 11.8 Å². The van der Waals surface area contributed by atoms with Crippen molar-refractivity contribution in [3.8, 4) is 0 Å². The van der Waals surface area contributed by atoms with Crippen LogP contribution in [0.1, 0.15) is 27.2 Å². The maximum atomic E-state index is 11.5. The Morgan fingerprint density at radius 1 is 1.29 bits per heavy atom. The number of urea groups is 1. The molecular formula is C13H25N3O4S. The Balaban J connectivity index is 3.70. The van der Waals surface area contributed by atoms with E-state index in [1.165, 1.54) is 11.8 Å². The standard InChI is InChI=1S/C13H25N3O4S/c1-4-20-12(18)10(14)5-6-21-8-11(17)16-13(19)15-7-9(2)3/h9-10H,4-8,14H2,1-3H3,(H2,15,16,17,19). The third-order valence-corrected chi connectivity index (χ3v) is 3.31. The van der Waals surface area contributed by atoms with Crippen LogP contribution in [0.3, 0.4) is 0 Å². The van der Waals surface area contributed by atoms with E-state index < -0.39 is 18.0 Å². The quantitative estimate of drug-likeness (QED) is 0.421. The van der Waals surface area contributed by atoms with Crippen LogP contribution in [0.5, 0.6) is 0 Å². The first-order valence-electron chi connectivity index (χ1n) is 6.94. The van der Waals surface area contributed by atoms with E-state index >= 15 is 0 Å². The topological polar surface area (TPSA) is 111 Å². The summed E-state index contributed by atoms with van der Waals surface area (Å²) in [7, 11) is 0. The molecule has 0 aliphatic rings. The number of esters is 1. The second-order valence-electron chi connectivity index (χ2n) is 4.85. The predicted molar refractivity (Wildman–Crippen MR) is 82.9 cm³/mol. The number of thioether (sulfide) groups is 1. The summed E-state index contributed by atoms with van der Waals surface area (Å²) in [6.45, 7) is 6.46. The molecule has 0 aliphatic heterocycles. The number of nitrogens with two attached hydrogens (primary N) is 1. The molecule has 1 unspecified atom stereocenters. The van der Waals surface area contributed by atoms with Gasteiger partial charge in [0.2, 0.25) is 5.91 Å². The highest BCUT2D eigenvalue weighted by Crippen LogP contribution is 2.04. The molecule has 0 saturated carbocycles. The Morgan fingerprint density at radius 3 is 2.52 bits per heavy atom. The zero-order valence-electron chi connectivity index (χ0n) is 12.8. The van der Waals surface area contributed by atoms with Crippen LogP contribution >= 0.6 is 11.8 Å². The predicted octanol–water partition coefficient (Wildman–Crippen LogP) is 0.482. The average Bonchev–Trinajstić information content (AvgIpc) is 2.41. The fourth-order valence-electron chi connectivity index (χ4n) is 1.25. The van der Waals surface area contributed by atoms with Gasteiger partial charge in [0.25, 0.3) is 0 Å². The molecule has 0 radical (unpaired) electrons. The second kappa shape index (κ2) is 11.4. The van der Waals surface area contributed by atoms with Gasteiger partial charge < -0.3 is 15.8 Å². The lowest BCUT2D eigenvalue weighted by atomic mass is 10.2. The fraction of sp³-hybridized carbons (Fsp3) is 0.769. The third-order valence-electron chi connectivity index (χ3n) is 2.32. The van der Waals surface area contributed by atoms with Gasteiger partial charge in [-0.05, 0) is 25.0 Å². The van der Waals surface area contributed by atoms with Crippen LogP contribution in [-0.4, -0.2) is 48.6 Å². The van der Waals surface area contributed by atoms with Gasteiger partial charge in [-0.3, -0.25) is 14.9 Å². The minimum Gasteiger partial charge on any atom is -0.465 e. The molecule has 21 heavy (non-hydrogen) atoms. The Bertz CT molecular complexity index is 350.